The number of likely N-dealkylation sites (tertiary alicyclic amines) is 1. The summed E-state index contributed by atoms with van der Waals surface area (Å²) in [6.45, 7) is 1.34. The van der Waals surface area contributed by atoms with E-state index in [9.17, 15) is 4.79 Å². The van der Waals surface area contributed by atoms with Crippen molar-refractivity contribution >= 4 is 33.1 Å². The van der Waals surface area contributed by atoms with Crippen LogP contribution in [-0.2, 0) is 11.3 Å². The predicted octanol–water partition coefficient (Wildman–Crippen LogP) is 0.938. The van der Waals surface area contributed by atoms with Crippen LogP contribution in [0, 0.1) is 0 Å². The lowest BCUT2D eigenvalue weighted by Crippen LogP contribution is -2.33. The molecule has 1 atom stereocenters. The van der Waals surface area contributed by atoms with E-state index in [1.807, 2.05) is 16.3 Å². The van der Waals surface area contributed by atoms with Crippen LogP contribution in [0.1, 0.15) is 12.0 Å². The molecule has 94 valence electrons. The fourth-order valence-electron chi connectivity index (χ4n) is 2.28. The number of nitrogens with two attached hydrogens (primary N) is 2. The number of hydrogen-bond donors (Lipinski definition) is 2. The van der Waals surface area contributed by atoms with E-state index >= 15 is 0 Å². The van der Waals surface area contributed by atoms with E-state index < -0.39 is 0 Å². The summed E-state index contributed by atoms with van der Waals surface area (Å²) in [6.07, 6.45) is 2.44. The fourth-order valence-corrected chi connectivity index (χ4v) is 3.24. The van der Waals surface area contributed by atoms with Gasteiger partial charge in [-0.15, -0.1) is 11.3 Å². The first-order valence-electron chi connectivity index (χ1n) is 5.81. The van der Waals surface area contributed by atoms with Crippen LogP contribution in [0.4, 0.5) is 5.82 Å². The van der Waals surface area contributed by atoms with Gasteiger partial charge in [-0.25, -0.2) is 4.98 Å². The molecule has 1 amide bonds. The third-order valence-corrected chi connectivity index (χ3v) is 4.36. The highest BCUT2D eigenvalue weighted by Crippen LogP contribution is 2.30. The quantitative estimate of drug-likeness (QED) is 0.843. The zero-order valence-electron chi connectivity index (χ0n) is 9.80. The summed E-state index contributed by atoms with van der Waals surface area (Å²) in [4.78, 5) is 17.7. The molecule has 1 saturated heterocycles. The van der Waals surface area contributed by atoms with Crippen LogP contribution in [0.15, 0.2) is 17.6 Å². The van der Waals surface area contributed by atoms with Gasteiger partial charge in [-0.05, 0) is 23.4 Å². The number of thiophene rings is 1. The second-order valence-electron chi connectivity index (χ2n) is 4.49. The number of pyridine rings is 1. The van der Waals surface area contributed by atoms with Gasteiger partial charge in [0.1, 0.15) is 5.82 Å². The molecular weight excluding hydrogens is 248 g/mol. The molecule has 18 heavy (non-hydrogen) atoms. The largest absolute Gasteiger partial charge is 0.383 e. The van der Waals surface area contributed by atoms with Gasteiger partial charge < -0.3 is 16.4 Å². The number of anilines is 1. The molecule has 0 saturated carbocycles. The van der Waals surface area contributed by atoms with Gasteiger partial charge in [0.2, 0.25) is 5.91 Å². The van der Waals surface area contributed by atoms with Crippen molar-refractivity contribution in [1.29, 1.82) is 0 Å². The van der Waals surface area contributed by atoms with E-state index in [4.69, 9.17) is 11.5 Å². The highest BCUT2D eigenvalue weighted by molar-refractivity contribution is 7.18. The Morgan fingerprint density at radius 1 is 1.56 bits per heavy atom. The van der Waals surface area contributed by atoms with E-state index in [0.29, 0.717) is 12.4 Å². The van der Waals surface area contributed by atoms with Crippen molar-refractivity contribution in [3.63, 3.8) is 0 Å². The smallest absolute Gasteiger partial charge is 0.239 e. The zero-order chi connectivity index (χ0) is 12.7. The molecule has 3 rings (SSSR count). The Labute approximate surface area is 108 Å². The SMILES string of the molecule is Nc1nccc2c(CN3CC[C@H](N)C3=O)csc12. The van der Waals surface area contributed by atoms with Crippen molar-refractivity contribution in [2.45, 2.75) is 19.0 Å². The molecule has 0 bridgehead atoms. The number of amides is 1. The van der Waals surface area contributed by atoms with Crippen LogP contribution in [0.25, 0.3) is 10.1 Å². The van der Waals surface area contributed by atoms with Crippen LogP contribution in [-0.4, -0.2) is 28.4 Å². The molecule has 1 aliphatic heterocycles. The number of carbonyl (C=O) groups excluding carboxylic acids is 1. The molecule has 1 fully saturated rings. The normalized spacial score (nSPS) is 19.9. The lowest BCUT2D eigenvalue weighted by atomic mass is 10.2. The highest BCUT2D eigenvalue weighted by Gasteiger charge is 2.28. The first-order chi connectivity index (χ1) is 8.66. The molecule has 2 aromatic rings. The van der Waals surface area contributed by atoms with E-state index in [1.165, 1.54) is 0 Å². The van der Waals surface area contributed by atoms with Crippen LogP contribution >= 0.6 is 11.3 Å². The average Bonchev–Trinajstić information content (AvgIpc) is 2.90. The summed E-state index contributed by atoms with van der Waals surface area (Å²) < 4.78 is 0.989. The minimum absolute atomic E-state index is 0.0383. The topological polar surface area (TPSA) is 85.2 Å². The summed E-state index contributed by atoms with van der Waals surface area (Å²) in [5, 5.41) is 3.13. The van der Waals surface area contributed by atoms with Crippen LogP contribution in [0.5, 0.6) is 0 Å². The van der Waals surface area contributed by atoms with Crippen molar-refractivity contribution in [3.05, 3.63) is 23.2 Å². The second-order valence-corrected chi connectivity index (χ2v) is 5.37. The van der Waals surface area contributed by atoms with Gasteiger partial charge in [-0.2, -0.15) is 0 Å². The Kier molecular flexibility index (Phi) is 2.68. The van der Waals surface area contributed by atoms with Gasteiger partial charge in [0.15, 0.2) is 0 Å². The number of nitrogens with zero attached hydrogens (tertiary/aromatic N) is 2. The van der Waals surface area contributed by atoms with Crippen molar-refractivity contribution in [3.8, 4) is 0 Å². The minimum atomic E-state index is -0.332. The fraction of sp³-hybridized carbons (Fsp3) is 0.333. The number of rotatable bonds is 2. The van der Waals surface area contributed by atoms with Gasteiger partial charge in [0.05, 0.1) is 10.7 Å². The lowest BCUT2D eigenvalue weighted by molar-refractivity contribution is -0.129. The molecular formula is C12H14N4OS. The molecule has 4 N–H and O–H groups in total. The molecule has 1 aliphatic rings. The Bertz CT molecular complexity index is 609. The first-order valence-corrected chi connectivity index (χ1v) is 6.69. The number of hydrogen-bond acceptors (Lipinski definition) is 5. The molecule has 2 aromatic heterocycles. The molecule has 0 radical (unpaired) electrons. The summed E-state index contributed by atoms with van der Waals surface area (Å²) in [5.74, 6) is 0.588. The molecule has 0 spiro atoms. The monoisotopic (exact) mass is 262 g/mol. The highest BCUT2D eigenvalue weighted by atomic mass is 32.1. The summed E-state index contributed by atoms with van der Waals surface area (Å²) >= 11 is 1.57. The maximum absolute atomic E-state index is 11.8. The van der Waals surface area contributed by atoms with Crippen LogP contribution in [0.3, 0.4) is 0 Å². The molecule has 0 unspecified atom stereocenters. The van der Waals surface area contributed by atoms with Crippen LogP contribution < -0.4 is 11.5 Å². The van der Waals surface area contributed by atoms with E-state index in [-0.39, 0.29) is 11.9 Å². The van der Waals surface area contributed by atoms with Gasteiger partial charge >= 0.3 is 0 Å². The molecule has 3 heterocycles. The maximum Gasteiger partial charge on any atom is 0.239 e. The van der Waals surface area contributed by atoms with Crippen molar-refractivity contribution in [2.75, 3.05) is 12.3 Å². The first kappa shape index (κ1) is 11.4. The third-order valence-electron chi connectivity index (χ3n) is 3.30. The number of carbonyl (C=O) groups is 1. The van der Waals surface area contributed by atoms with Crippen molar-refractivity contribution in [1.82, 2.24) is 9.88 Å². The Morgan fingerprint density at radius 3 is 3.11 bits per heavy atom. The Balaban J connectivity index is 1.92. The zero-order valence-corrected chi connectivity index (χ0v) is 10.6. The molecule has 0 aliphatic carbocycles. The van der Waals surface area contributed by atoms with E-state index in [0.717, 1.165) is 28.6 Å². The van der Waals surface area contributed by atoms with E-state index in [1.54, 1.807) is 17.5 Å². The molecule has 0 aromatic carbocycles. The number of aromatic nitrogens is 1. The molecule has 6 heteroatoms. The van der Waals surface area contributed by atoms with Gasteiger partial charge in [0.25, 0.3) is 0 Å². The Morgan fingerprint density at radius 2 is 2.39 bits per heavy atom. The van der Waals surface area contributed by atoms with Crippen molar-refractivity contribution < 1.29 is 4.79 Å². The Hall–Kier alpha value is -1.66. The predicted molar refractivity (Wildman–Crippen MR) is 72.0 cm³/mol. The standard InChI is InChI=1S/C12H14N4OS/c13-9-2-4-16(12(9)17)5-7-6-18-10-8(7)1-3-15-11(10)14/h1,3,6,9H,2,4-5,13H2,(H2,14,15)/t9-/m0/s1. The van der Waals surface area contributed by atoms with Gasteiger partial charge in [-0.3, -0.25) is 4.79 Å². The van der Waals surface area contributed by atoms with Gasteiger partial charge in [0, 0.05) is 24.7 Å². The van der Waals surface area contributed by atoms with Crippen LogP contribution in [0.2, 0.25) is 0 Å². The summed E-state index contributed by atoms with van der Waals surface area (Å²) in [5.41, 5.74) is 12.7. The number of fused-ring (bicyclic) bond motifs is 1. The number of nitrogen functional groups attached to an aromatic ring is 1. The third kappa shape index (κ3) is 1.74. The molecule has 5 nitrogen and oxygen atoms in total. The summed E-state index contributed by atoms with van der Waals surface area (Å²) in [7, 11) is 0. The second kappa shape index (κ2) is 4.22. The lowest BCUT2D eigenvalue weighted by Gasteiger charge is -2.15. The maximum atomic E-state index is 11.8. The van der Waals surface area contributed by atoms with Crippen molar-refractivity contribution in [2.24, 2.45) is 5.73 Å². The summed E-state index contributed by atoms with van der Waals surface area (Å²) in [6, 6.07) is 1.61. The minimum Gasteiger partial charge on any atom is -0.383 e. The average molecular weight is 262 g/mol. The van der Waals surface area contributed by atoms with E-state index in [2.05, 4.69) is 4.98 Å². The van der Waals surface area contributed by atoms with Gasteiger partial charge in [-0.1, -0.05) is 0 Å².